The third-order valence-corrected chi connectivity index (χ3v) is 4.87. The average Bonchev–Trinajstić information content (AvgIpc) is 2.85. The minimum absolute atomic E-state index is 0.00235. The minimum atomic E-state index is -2.94. The van der Waals surface area contributed by atoms with Crippen LogP contribution in [0.5, 0.6) is 0 Å². The summed E-state index contributed by atoms with van der Waals surface area (Å²) in [4.78, 5) is 16.4. The number of aryl methyl sites for hydroxylation is 2. The fourth-order valence-corrected chi connectivity index (χ4v) is 3.12. The van der Waals surface area contributed by atoms with E-state index in [1.54, 1.807) is 11.7 Å². The molecule has 0 aromatic carbocycles. The molecular formula is C14H24N4O3S. The summed E-state index contributed by atoms with van der Waals surface area (Å²) in [6, 6.07) is 1.85. The number of aromatic nitrogens is 2. The minimum Gasteiger partial charge on any atom is -0.335 e. The molecule has 1 aromatic rings. The van der Waals surface area contributed by atoms with Crippen LogP contribution in [-0.2, 0) is 23.3 Å². The van der Waals surface area contributed by atoms with E-state index >= 15 is 0 Å². The molecule has 1 aromatic heterocycles. The van der Waals surface area contributed by atoms with Crippen molar-refractivity contribution >= 4 is 15.7 Å². The Morgan fingerprint density at radius 1 is 1.27 bits per heavy atom. The van der Waals surface area contributed by atoms with Crippen LogP contribution >= 0.6 is 0 Å². The Bertz CT molecular complexity index is 631. The van der Waals surface area contributed by atoms with Gasteiger partial charge >= 0.3 is 0 Å². The number of piperazine rings is 1. The largest absolute Gasteiger partial charge is 0.335 e. The predicted octanol–water partition coefficient (Wildman–Crippen LogP) is -0.215. The molecule has 0 radical (unpaired) electrons. The lowest BCUT2D eigenvalue weighted by molar-refractivity contribution is 0.0633. The van der Waals surface area contributed by atoms with Crippen LogP contribution in [-0.4, -0.2) is 78.6 Å². The Morgan fingerprint density at radius 2 is 1.91 bits per heavy atom. The normalized spacial score (nSPS) is 17.0. The average molecular weight is 328 g/mol. The highest BCUT2D eigenvalue weighted by Crippen LogP contribution is 2.10. The highest BCUT2D eigenvalue weighted by molar-refractivity contribution is 7.90. The van der Waals surface area contributed by atoms with E-state index in [1.807, 2.05) is 17.9 Å². The van der Waals surface area contributed by atoms with Gasteiger partial charge in [-0.05, 0) is 12.5 Å². The second kappa shape index (κ2) is 6.78. The monoisotopic (exact) mass is 328 g/mol. The van der Waals surface area contributed by atoms with Crippen molar-refractivity contribution in [2.24, 2.45) is 7.05 Å². The molecular weight excluding hydrogens is 304 g/mol. The summed E-state index contributed by atoms with van der Waals surface area (Å²) in [5, 5.41) is 4.31. The molecule has 0 spiro atoms. The molecule has 0 aliphatic carbocycles. The van der Waals surface area contributed by atoms with Gasteiger partial charge in [-0.1, -0.05) is 6.92 Å². The van der Waals surface area contributed by atoms with Gasteiger partial charge in [-0.3, -0.25) is 14.4 Å². The van der Waals surface area contributed by atoms with Crippen LogP contribution in [0.4, 0.5) is 0 Å². The van der Waals surface area contributed by atoms with Crippen molar-refractivity contribution in [2.45, 2.75) is 13.3 Å². The lowest BCUT2D eigenvalue weighted by Crippen LogP contribution is -2.49. The van der Waals surface area contributed by atoms with Gasteiger partial charge in [0.1, 0.15) is 15.5 Å². The lowest BCUT2D eigenvalue weighted by atomic mass is 10.2. The summed E-state index contributed by atoms with van der Waals surface area (Å²) in [7, 11) is -1.15. The molecule has 22 heavy (non-hydrogen) atoms. The van der Waals surface area contributed by atoms with Crippen molar-refractivity contribution < 1.29 is 13.2 Å². The molecule has 2 rings (SSSR count). The standard InChI is InChI=1S/C14H24N4O3S/c1-4-12-11-13(16(2)15-12)14(19)18-7-5-17(6-8-18)9-10-22(3,20)21/h11H,4-10H2,1-3H3. The Balaban J connectivity index is 1.91. The van der Waals surface area contributed by atoms with Crippen LogP contribution in [0.2, 0.25) is 0 Å². The Labute approximate surface area is 131 Å². The first-order valence-electron chi connectivity index (χ1n) is 7.52. The second-order valence-corrected chi connectivity index (χ2v) is 8.02. The SMILES string of the molecule is CCc1cc(C(=O)N2CCN(CCS(C)(=O)=O)CC2)n(C)n1. The van der Waals surface area contributed by atoms with Gasteiger partial charge in [0.25, 0.3) is 5.91 Å². The van der Waals surface area contributed by atoms with E-state index in [-0.39, 0.29) is 11.7 Å². The van der Waals surface area contributed by atoms with Gasteiger partial charge in [0.15, 0.2) is 0 Å². The maximum Gasteiger partial charge on any atom is 0.272 e. The van der Waals surface area contributed by atoms with Crippen LogP contribution in [0.3, 0.4) is 0 Å². The van der Waals surface area contributed by atoms with Crippen molar-refractivity contribution in [2.75, 3.05) is 44.7 Å². The molecule has 0 bridgehead atoms. The molecule has 0 saturated carbocycles. The topological polar surface area (TPSA) is 75.5 Å². The molecule has 0 atom stereocenters. The van der Waals surface area contributed by atoms with Gasteiger partial charge < -0.3 is 4.90 Å². The Morgan fingerprint density at radius 3 is 2.41 bits per heavy atom. The zero-order chi connectivity index (χ0) is 16.3. The fourth-order valence-electron chi connectivity index (χ4n) is 2.53. The first kappa shape index (κ1) is 17.0. The van der Waals surface area contributed by atoms with E-state index in [0.29, 0.717) is 38.4 Å². The summed E-state index contributed by atoms with van der Waals surface area (Å²) in [5.74, 6) is 0.167. The molecule has 0 unspecified atom stereocenters. The van der Waals surface area contributed by atoms with Crippen LogP contribution in [0, 0.1) is 0 Å². The first-order chi connectivity index (χ1) is 10.3. The zero-order valence-electron chi connectivity index (χ0n) is 13.4. The van der Waals surface area contributed by atoms with Crippen LogP contribution in [0.1, 0.15) is 23.1 Å². The summed E-state index contributed by atoms with van der Waals surface area (Å²) < 4.78 is 24.0. The van der Waals surface area contributed by atoms with Crippen molar-refractivity contribution in [1.82, 2.24) is 19.6 Å². The molecule has 2 heterocycles. The second-order valence-electron chi connectivity index (χ2n) is 5.76. The van der Waals surface area contributed by atoms with Gasteiger partial charge in [0.2, 0.25) is 0 Å². The molecule has 1 amide bonds. The lowest BCUT2D eigenvalue weighted by Gasteiger charge is -2.34. The molecule has 124 valence electrons. The van der Waals surface area contributed by atoms with Gasteiger partial charge in [-0.2, -0.15) is 5.10 Å². The summed E-state index contributed by atoms with van der Waals surface area (Å²) in [6.07, 6.45) is 2.06. The predicted molar refractivity (Wildman–Crippen MR) is 84.6 cm³/mol. The number of carbonyl (C=O) groups excluding carboxylic acids is 1. The molecule has 1 fully saturated rings. The number of amides is 1. The van der Waals surface area contributed by atoms with Crippen molar-refractivity contribution in [3.8, 4) is 0 Å². The fraction of sp³-hybridized carbons (Fsp3) is 0.714. The van der Waals surface area contributed by atoms with Crippen molar-refractivity contribution in [3.63, 3.8) is 0 Å². The van der Waals surface area contributed by atoms with Gasteiger partial charge in [0, 0.05) is 46.0 Å². The number of hydrogen-bond donors (Lipinski definition) is 0. The molecule has 8 heteroatoms. The van der Waals surface area contributed by atoms with Gasteiger partial charge in [-0.25, -0.2) is 8.42 Å². The Kier molecular flexibility index (Phi) is 5.23. The molecule has 1 aliphatic heterocycles. The zero-order valence-corrected chi connectivity index (χ0v) is 14.3. The summed E-state index contributed by atoms with van der Waals surface area (Å²) >= 11 is 0. The molecule has 0 N–H and O–H groups in total. The Hall–Kier alpha value is -1.41. The highest BCUT2D eigenvalue weighted by Gasteiger charge is 2.24. The van der Waals surface area contributed by atoms with Gasteiger partial charge in [-0.15, -0.1) is 0 Å². The number of sulfone groups is 1. The van der Waals surface area contributed by atoms with Crippen molar-refractivity contribution in [1.29, 1.82) is 0 Å². The third kappa shape index (κ3) is 4.30. The maximum atomic E-state index is 12.5. The van der Waals surface area contributed by atoms with E-state index in [9.17, 15) is 13.2 Å². The van der Waals surface area contributed by atoms with E-state index in [4.69, 9.17) is 0 Å². The summed E-state index contributed by atoms with van der Waals surface area (Å²) in [5.41, 5.74) is 1.53. The number of rotatable bonds is 5. The van der Waals surface area contributed by atoms with E-state index in [1.165, 1.54) is 6.26 Å². The van der Waals surface area contributed by atoms with Crippen molar-refractivity contribution in [3.05, 3.63) is 17.5 Å². The van der Waals surface area contributed by atoms with Crippen LogP contribution in [0.15, 0.2) is 6.07 Å². The highest BCUT2D eigenvalue weighted by atomic mass is 32.2. The smallest absolute Gasteiger partial charge is 0.272 e. The van der Waals surface area contributed by atoms with Crippen LogP contribution < -0.4 is 0 Å². The molecule has 1 saturated heterocycles. The maximum absolute atomic E-state index is 12.5. The van der Waals surface area contributed by atoms with Crippen LogP contribution in [0.25, 0.3) is 0 Å². The number of carbonyl (C=O) groups is 1. The third-order valence-electron chi connectivity index (χ3n) is 3.95. The number of nitrogens with zero attached hydrogens (tertiary/aromatic N) is 4. The van der Waals surface area contributed by atoms with E-state index < -0.39 is 9.84 Å². The quantitative estimate of drug-likeness (QED) is 0.747. The van der Waals surface area contributed by atoms with E-state index in [2.05, 4.69) is 10.00 Å². The molecule has 7 nitrogen and oxygen atoms in total. The van der Waals surface area contributed by atoms with E-state index in [0.717, 1.165) is 12.1 Å². The van der Waals surface area contributed by atoms with Gasteiger partial charge in [0.05, 0.1) is 11.4 Å². The molecule has 1 aliphatic rings. The number of hydrogen-bond acceptors (Lipinski definition) is 5. The summed E-state index contributed by atoms with van der Waals surface area (Å²) in [6.45, 7) is 5.20. The first-order valence-corrected chi connectivity index (χ1v) is 9.58.